The summed E-state index contributed by atoms with van der Waals surface area (Å²) in [6.45, 7) is 3.84. The number of anilines is 3. The Morgan fingerprint density at radius 3 is 2.44 bits per heavy atom. The lowest BCUT2D eigenvalue weighted by molar-refractivity contribution is 0.0824. The van der Waals surface area contributed by atoms with Crippen molar-refractivity contribution in [1.29, 1.82) is 0 Å². The molecular formula is C20H19N3O4. The first-order valence-corrected chi connectivity index (χ1v) is 8.25. The zero-order chi connectivity index (χ0) is 19.9. The molecule has 0 saturated heterocycles. The Balaban J connectivity index is 1.91. The second kappa shape index (κ2) is 6.32. The van der Waals surface area contributed by atoms with E-state index in [4.69, 9.17) is 6.42 Å². The molecule has 7 nitrogen and oxygen atoms in total. The predicted molar refractivity (Wildman–Crippen MR) is 104 cm³/mol. The van der Waals surface area contributed by atoms with E-state index in [-0.39, 0.29) is 28.4 Å². The number of amides is 1. The summed E-state index contributed by atoms with van der Waals surface area (Å²) in [4.78, 5) is 37.5. The van der Waals surface area contributed by atoms with Gasteiger partial charge in [-0.1, -0.05) is 24.1 Å². The first kappa shape index (κ1) is 18.3. The zero-order valence-corrected chi connectivity index (χ0v) is 15.0. The molecule has 3 rings (SSSR count). The van der Waals surface area contributed by atoms with Crippen LogP contribution in [0, 0.1) is 12.3 Å². The highest BCUT2D eigenvalue weighted by molar-refractivity contribution is 5.99. The van der Waals surface area contributed by atoms with E-state index >= 15 is 0 Å². The van der Waals surface area contributed by atoms with Gasteiger partial charge in [0.15, 0.2) is 5.75 Å². The van der Waals surface area contributed by atoms with Gasteiger partial charge in [0.25, 0.3) is 16.8 Å². The fraction of sp³-hybridized carbons (Fsp3) is 0.250. The molecule has 0 atom stereocenters. The molecule has 0 radical (unpaired) electrons. The Morgan fingerprint density at radius 2 is 1.89 bits per heavy atom. The highest BCUT2D eigenvalue weighted by Crippen LogP contribution is 2.40. The van der Waals surface area contributed by atoms with Crippen molar-refractivity contribution < 1.29 is 9.90 Å². The smallest absolute Gasteiger partial charge is 0.257 e. The Bertz CT molecular complexity index is 1060. The highest BCUT2D eigenvalue weighted by atomic mass is 16.3. The third-order valence-corrected chi connectivity index (χ3v) is 4.59. The molecule has 3 N–H and O–H groups in total. The quantitative estimate of drug-likeness (QED) is 0.322. The van der Waals surface area contributed by atoms with Crippen molar-refractivity contribution in [2.45, 2.75) is 18.4 Å². The SMILES string of the molecule is C#CC1(Nc2c(Nc3cccc(C(=O)N(C)C)c3O)c(=O)c2=O)CC(=C)C1. The molecule has 27 heavy (non-hydrogen) atoms. The van der Waals surface area contributed by atoms with E-state index in [0.717, 1.165) is 5.57 Å². The number of rotatable bonds is 5. The Labute approximate surface area is 156 Å². The topological polar surface area (TPSA) is 98.7 Å². The van der Waals surface area contributed by atoms with Crippen LogP contribution in [-0.4, -0.2) is 35.5 Å². The Kier molecular flexibility index (Phi) is 4.28. The van der Waals surface area contributed by atoms with Crippen LogP contribution < -0.4 is 21.5 Å². The maximum atomic E-state index is 12.1. The molecule has 138 valence electrons. The van der Waals surface area contributed by atoms with Gasteiger partial charge < -0.3 is 20.6 Å². The minimum absolute atomic E-state index is 0.0110. The number of nitrogens with zero attached hydrogens (tertiary/aromatic N) is 1. The third kappa shape index (κ3) is 2.95. The van der Waals surface area contributed by atoms with Gasteiger partial charge in [-0.3, -0.25) is 14.4 Å². The third-order valence-electron chi connectivity index (χ3n) is 4.59. The van der Waals surface area contributed by atoms with Crippen LogP contribution in [0.15, 0.2) is 39.9 Å². The van der Waals surface area contributed by atoms with Gasteiger partial charge in [0, 0.05) is 26.9 Å². The molecule has 1 saturated carbocycles. The van der Waals surface area contributed by atoms with Crippen LogP contribution in [0.2, 0.25) is 0 Å². The Morgan fingerprint density at radius 1 is 1.26 bits per heavy atom. The highest BCUT2D eigenvalue weighted by Gasteiger charge is 2.40. The van der Waals surface area contributed by atoms with E-state index in [9.17, 15) is 19.5 Å². The van der Waals surface area contributed by atoms with Crippen LogP contribution >= 0.6 is 0 Å². The fourth-order valence-corrected chi connectivity index (χ4v) is 3.09. The molecule has 0 unspecified atom stereocenters. The molecule has 7 heteroatoms. The molecule has 1 fully saturated rings. The van der Waals surface area contributed by atoms with Crippen LogP contribution in [0.1, 0.15) is 23.2 Å². The van der Waals surface area contributed by atoms with Crippen LogP contribution in [0.3, 0.4) is 0 Å². The summed E-state index contributed by atoms with van der Waals surface area (Å²) in [6.07, 6.45) is 6.59. The minimum Gasteiger partial charge on any atom is -0.505 e. The van der Waals surface area contributed by atoms with Crippen molar-refractivity contribution in [1.82, 2.24) is 4.90 Å². The number of carbonyl (C=O) groups is 1. The molecule has 0 heterocycles. The van der Waals surface area contributed by atoms with Crippen molar-refractivity contribution in [2.24, 2.45) is 0 Å². The van der Waals surface area contributed by atoms with Gasteiger partial charge in [0.2, 0.25) is 0 Å². The van der Waals surface area contributed by atoms with E-state index in [1.54, 1.807) is 20.2 Å². The van der Waals surface area contributed by atoms with Crippen LogP contribution in [-0.2, 0) is 0 Å². The number of terminal acetylenes is 1. The Hall–Kier alpha value is -3.53. The number of hydrogen-bond acceptors (Lipinski definition) is 6. The van der Waals surface area contributed by atoms with Gasteiger partial charge in [0.1, 0.15) is 16.9 Å². The normalized spacial score (nSPS) is 14.9. The van der Waals surface area contributed by atoms with Crippen LogP contribution in [0.4, 0.5) is 17.1 Å². The number of carbonyl (C=O) groups excluding carboxylic acids is 1. The summed E-state index contributed by atoms with van der Waals surface area (Å²) >= 11 is 0. The summed E-state index contributed by atoms with van der Waals surface area (Å²) < 4.78 is 0. The number of benzene rings is 1. The van der Waals surface area contributed by atoms with Gasteiger partial charge in [-0.25, -0.2) is 0 Å². The second-order valence-corrected chi connectivity index (χ2v) is 6.89. The first-order chi connectivity index (χ1) is 12.7. The summed E-state index contributed by atoms with van der Waals surface area (Å²) in [5.74, 6) is 1.92. The van der Waals surface area contributed by atoms with E-state index in [2.05, 4.69) is 23.1 Å². The maximum Gasteiger partial charge on any atom is 0.257 e. The van der Waals surface area contributed by atoms with Crippen molar-refractivity contribution in [3.63, 3.8) is 0 Å². The molecule has 1 amide bonds. The van der Waals surface area contributed by atoms with Gasteiger partial charge in [-0.15, -0.1) is 6.42 Å². The molecule has 1 aliphatic rings. The van der Waals surface area contributed by atoms with Gasteiger partial charge in [-0.05, 0) is 12.1 Å². The average Bonchev–Trinajstić information content (AvgIpc) is 2.62. The lowest BCUT2D eigenvalue weighted by atomic mass is 9.73. The average molecular weight is 365 g/mol. The number of aromatic hydroxyl groups is 1. The van der Waals surface area contributed by atoms with Crippen LogP contribution in [0.25, 0.3) is 0 Å². The molecular weight excluding hydrogens is 346 g/mol. The van der Waals surface area contributed by atoms with Gasteiger partial charge in [0.05, 0.1) is 11.3 Å². The minimum atomic E-state index is -0.736. The molecule has 0 spiro atoms. The number of phenols is 1. The van der Waals surface area contributed by atoms with Crippen molar-refractivity contribution in [3.8, 4) is 18.1 Å². The number of nitrogens with one attached hydrogen (secondary N) is 2. The van der Waals surface area contributed by atoms with Crippen molar-refractivity contribution >= 4 is 23.0 Å². The monoisotopic (exact) mass is 365 g/mol. The standard InChI is InChI=1S/C20H19N3O4/c1-5-20(9-11(2)10-20)22-15-14(17(25)18(15)26)21-13-8-6-7-12(16(13)24)19(27)23(3)4/h1,6-8,21-22,24H,2,9-10H2,3-4H3. The molecule has 0 aliphatic heterocycles. The van der Waals surface area contributed by atoms with Gasteiger partial charge in [-0.2, -0.15) is 0 Å². The lowest BCUT2D eigenvalue weighted by Crippen LogP contribution is -2.49. The van der Waals surface area contributed by atoms with E-state index in [1.165, 1.54) is 17.0 Å². The van der Waals surface area contributed by atoms with Crippen molar-refractivity contribution in [3.05, 3.63) is 56.4 Å². The largest absolute Gasteiger partial charge is 0.505 e. The molecule has 2 aromatic rings. The molecule has 0 aromatic heterocycles. The second-order valence-electron chi connectivity index (χ2n) is 6.89. The molecule has 0 bridgehead atoms. The summed E-state index contributed by atoms with van der Waals surface area (Å²) in [7, 11) is 3.12. The summed E-state index contributed by atoms with van der Waals surface area (Å²) in [5, 5.41) is 16.1. The van der Waals surface area contributed by atoms with E-state index in [1.807, 2.05) is 0 Å². The zero-order valence-electron chi connectivity index (χ0n) is 15.0. The fourth-order valence-electron chi connectivity index (χ4n) is 3.09. The summed E-state index contributed by atoms with van der Waals surface area (Å²) in [6, 6.07) is 4.54. The van der Waals surface area contributed by atoms with Crippen molar-refractivity contribution in [2.75, 3.05) is 24.7 Å². The first-order valence-electron chi connectivity index (χ1n) is 8.25. The van der Waals surface area contributed by atoms with Crippen LogP contribution in [0.5, 0.6) is 5.75 Å². The molecule has 1 aliphatic carbocycles. The van der Waals surface area contributed by atoms with E-state index < -0.39 is 22.3 Å². The number of phenolic OH excluding ortho intramolecular Hbond substituents is 1. The predicted octanol–water partition coefficient (Wildman–Crippen LogP) is 1.57. The van der Waals surface area contributed by atoms with E-state index in [0.29, 0.717) is 12.8 Å². The summed E-state index contributed by atoms with van der Waals surface area (Å²) in [5.41, 5.74) is -0.858. The van der Waals surface area contributed by atoms with Gasteiger partial charge >= 0.3 is 0 Å². The lowest BCUT2D eigenvalue weighted by Gasteiger charge is -2.41. The number of para-hydroxylation sites is 1. The maximum absolute atomic E-state index is 12.1. The molecule has 2 aromatic carbocycles. The number of hydrogen-bond donors (Lipinski definition) is 3.